The van der Waals surface area contributed by atoms with Crippen LogP contribution in [0.25, 0.3) is 15.9 Å². The summed E-state index contributed by atoms with van der Waals surface area (Å²) in [5, 5.41) is 12.1. The lowest BCUT2D eigenvalue weighted by Crippen LogP contribution is -2.14. The Labute approximate surface area is 169 Å². The van der Waals surface area contributed by atoms with Gasteiger partial charge < -0.3 is 10.1 Å². The van der Waals surface area contributed by atoms with Gasteiger partial charge in [-0.05, 0) is 37.3 Å². The molecule has 28 heavy (non-hydrogen) atoms. The number of fused-ring (bicyclic) bond motifs is 1. The molecule has 4 rings (SSSR count). The lowest BCUT2D eigenvalue weighted by molar-refractivity contribution is -0.113. The number of anilines is 1. The molecule has 9 heteroatoms. The minimum atomic E-state index is -0.142. The van der Waals surface area contributed by atoms with Crippen molar-refractivity contribution in [1.82, 2.24) is 19.7 Å². The normalized spacial score (nSPS) is 10.9. The van der Waals surface area contributed by atoms with E-state index in [0.29, 0.717) is 16.9 Å². The van der Waals surface area contributed by atoms with Gasteiger partial charge in [0.2, 0.25) is 5.91 Å². The van der Waals surface area contributed by atoms with Crippen LogP contribution in [0.5, 0.6) is 5.75 Å². The fraction of sp³-hybridized carbons (Fsp3) is 0.158. The van der Waals surface area contributed by atoms with Crippen LogP contribution in [0, 0.1) is 0 Å². The number of aromatic nitrogens is 4. The molecule has 0 saturated carbocycles. The van der Waals surface area contributed by atoms with Crippen molar-refractivity contribution >= 4 is 44.4 Å². The fourth-order valence-electron chi connectivity index (χ4n) is 2.59. The van der Waals surface area contributed by atoms with Crippen LogP contribution in [-0.2, 0) is 4.79 Å². The van der Waals surface area contributed by atoms with E-state index in [1.807, 2.05) is 60.0 Å². The van der Waals surface area contributed by atoms with Crippen LogP contribution in [0.3, 0.4) is 0 Å². The molecule has 142 valence electrons. The van der Waals surface area contributed by atoms with E-state index in [0.717, 1.165) is 21.7 Å². The highest BCUT2D eigenvalue weighted by Crippen LogP contribution is 2.29. The predicted molar refractivity (Wildman–Crippen MR) is 112 cm³/mol. The Hall–Kier alpha value is -2.91. The van der Waals surface area contributed by atoms with Gasteiger partial charge in [0.05, 0.1) is 22.6 Å². The second-order valence-corrected chi connectivity index (χ2v) is 7.71. The number of carbonyl (C=O) groups excluding carboxylic acids is 1. The molecule has 2 heterocycles. The molecule has 4 aromatic rings. The van der Waals surface area contributed by atoms with Gasteiger partial charge in [0, 0.05) is 5.69 Å². The quantitative estimate of drug-likeness (QED) is 0.463. The van der Waals surface area contributed by atoms with Crippen molar-refractivity contribution in [1.29, 1.82) is 0 Å². The summed E-state index contributed by atoms with van der Waals surface area (Å²) in [5.41, 5.74) is 1.78. The lowest BCUT2D eigenvalue weighted by atomic mass is 10.3. The van der Waals surface area contributed by atoms with E-state index >= 15 is 0 Å². The van der Waals surface area contributed by atoms with Crippen LogP contribution in [0.4, 0.5) is 5.13 Å². The smallest absolute Gasteiger partial charge is 0.236 e. The summed E-state index contributed by atoms with van der Waals surface area (Å²) in [6.45, 7) is 2.55. The summed E-state index contributed by atoms with van der Waals surface area (Å²) in [7, 11) is 0. The van der Waals surface area contributed by atoms with Gasteiger partial charge in [-0.25, -0.2) is 4.98 Å². The molecule has 1 N–H and O–H groups in total. The van der Waals surface area contributed by atoms with Gasteiger partial charge in [-0.3, -0.25) is 9.36 Å². The van der Waals surface area contributed by atoms with Crippen LogP contribution >= 0.6 is 23.1 Å². The van der Waals surface area contributed by atoms with E-state index in [4.69, 9.17) is 4.74 Å². The topological polar surface area (TPSA) is 81.9 Å². The number of rotatable bonds is 7. The molecule has 1 amide bonds. The summed E-state index contributed by atoms with van der Waals surface area (Å²) >= 11 is 2.75. The maximum atomic E-state index is 12.4. The number of nitrogens with zero attached hydrogens (tertiary/aromatic N) is 4. The van der Waals surface area contributed by atoms with Gasteiger partial charge in [-0.2, -0.15) is 0 Å². The van der Waals surface area contributed by atoms with Crippen molar-refractivity contribution in [3.8, 4) is 11.4 Å². The summed E-state index contributed by atoms with van der Waals surface area (Å²) in [5.74, 6) is 0.870. The van der Waals surface area contributed by atoms with Gasteiger partial charge in [-0.1, -0.05) is 41.3 Å². The molecule has 2 aromatic carbocycles. The summed E-state index contributed by atoms with van der Waals surface area (Å²) in [6, 6.07) is 15.5. The van der Waals surface area contributed by atoms with Crippen molar-refractivity contribution in [3.05, 3.63) is 54.9 Å². The number of nitrogens with one attached hydrogen (secondary N) is 1. The summed E-state index contributed by atoms with van der Waals surface area (Å²) < 4.78 is 8.33. The van der Waals surface area contributed by atoms with E-state index in [1.54, 1.807) is 6.33 Å². The van der Waals surface area contributed by atoms with Crippen LogP contribution in [0.1, 0.15) is 6.92 Å². The van der Waals surface area contributed by atoms with Gasteiger partial charge >= 0.3 is 0 Å². The first-order valence-electron chi connectivity index (χ1n) is 8.64. The number of amides is 1. The monoisotopic (exact) mass is 411 g/mol. The van der Waals surface area contributed by atoms with Crippen molar-refractivity contribution in [2.45, 2.75) is 12.1 Å². The highest BCUT2D eigenvalue weighted by molar-refractivity contribution is 7.99. The number of thioether (sulfide) groups is 1. The number of thiazole rings is 1. The van der Waals surface area contributed by atoms with Crippen LogP contribution < -0.4 is 10.1 Å². The van der Waals surface area contributed by atoms with Gasteiger partial charge in [0.1, 0.15) is 12.1 Å². The van der Waals surface area contributed by atoms with Crippen LogP contribution in [0.2, 0.25) is 0 Å². The molecule has 0 aliphatic rings. The molecule has 0 aliphatic heterocycles. The Kier molecular flexibility index (Phi) is 5.54. The third-order valence-electron chi connectivity index (χ3n) is 3.80. The molecule has 0 unspecified atom stereocenters. The van der Waals surface area contributed by atoms with Crippen LogP contribution in [-0.4, -0.2) is 38.0 Å². The van der Waals surface area contributed by atoms with Crippen LogP contribution in [0.15, 0.2) is 60.0 Å². The van der Waals surface area contributed by atoms with Crippen molar-refractivity contribution in [2.24, 2.45) is 0 Å². The molecule has 0 fully saturated rings. The first kappa shape index (κ1) is 18.5. The molecule has 0 bridgehead atoms. The average molecular weight is 412 g/mol. The number of ether oxygens (including phenoxy) is 1. The molecule has 0 saturated heterocycles. The Morgan fingerprint density at radius 3 is 2.93 bits per heavy atom. The standard InChI is InChI=1S/C19H17N5O2S2/c1-2-26-14-8-9-15-16(10-14)28-18(21-15)22-17(25)11-27-19-23-20-12-24(19)13-6-4-3-5-7-13/h3-10,12H,2,11H2,1H3,(H,21,22,25). The average Bonchev–Trinajstić information content (AvgIpc) is 3.33. The third kappa shape index (κ3) is 4.15. The first-order valence-corrected chi connectivity index (χ1v) is 10.4. The number of hydrogen-bond acceptors (Lipinski definition) is 7. The molecular formula is C19H17N5O2S2. The van der Waals surface area contributed by atoms with Gasteiger partial charge in [-0.15, -0.1) is 10.2 Å². The maximum absolute atomic E-state index is 12.4. The van der Waals surface area contributed by atoms with Gasteiger partial charge in [0.25, 0.3) is 0 Å². The zero-order chi connectivity index (χ0) is 19.3. The number of para-hydroxylation sites is 1. The first-order chi connectivity index (χ1) is 13.7. The number of carbonyl (C=O) groups is 1. The zero-order valence-corrected chi connectivity index (χ0v) is 16.7. The van der Waals surface area contributed by atoms with Crippen molar-refractivity contribution in [2.75, 3.05) is 17.7 Å². The van der Waals surface area contributed by atoms with E-state index in [9.17, 15) is 4.79 Å². The largest absolute Gasteiger partial charge is 0.494 e. The summed E-state index contributed by atoms with van der Waals surface area (Å²) in [4.78, 5) is 16.8. The molecule has 0 radical (unpaired) electrons. The number of hydrogen-bond donors (Lipinski definition) is 1. The third-order valence-corrected chi connectivity index (χ3v) is 5.68. The summed E-state index contributed by atoms with van der Waals surface area (Å²) in [6.07, 6.45) is 1.64. The molecule has 0 atom stereocenters. The second kappa shape index (κ2) is 8.41. The van der Waals surface area contributed by atoms with E-state index in [1.165, 1.54) is 23.1 Å². The molecular weight excluding hydrogens is 394 g/mol. The Morgan fingerprint density at radius 1 is 1.25 bits per heavy atom. The second-order valence-electron chi connectivity index (χ2n) is 5.74. The molecule has 7 nitrogen and oxygen atoms in total. The SMILES string of the molecule is CCOc1ccc2nc(NC(=O)CSc3nncn3-c3ccccc3)sc2c1. The van der Waals surface area contributed by atoms with Crippen molar-refractivity contribution < 1.29 is 9.53 Å². The van der Waals surface area contributed by atoms with E-state index in [2.05, 4.69) is 20.5 Å². The maximum Gasteiger partial charge on any atom is 0.236 e. The van der Waals surface area contributed by atoms with E-state index in [-0.39, 0.29) is 11.7 Å². The van der Waals surface area contributed by atoms with Crippen molar-refractivity contribution in [3.63, 3.8) is 0 Å². The predicted octanol–water partition coefficient (Wildman–Crippen LogP) is 4.01. The number of benzene rings is 2. The molecule has 0 aliphatic carbocycles. The fourth-order valence-corrected chi connectivity index (χ4v) is 4.23. The van der Waals surface area contributed by atoms with E-state index < -0.39 is 0 Å². The minimum absolute atomic E-state index is 0.142. The zero-order valence-electron chi connectivity index (χ0n) is 15.0. The Morgan fingerprint density at radius 2 is 2.11 bits per heavy atom. The highest BCUT2D eigenvalue weighted by Gasteiger charge is 2.12. The minimum Gasteiger partial charge on any atom is -0.494 e. The Bertz CT molecular complexity index is 1090. The lowest BCUT2D eigenvalue weighted by Gasteiger charge is -2.05. The highest BCUT2D eigenvalue weighted by atomic mass is 32.2. The Balaban J connectivity index is 1.40. The van der Waals surface area contributed by atoms with Gasteiger partial charge in [0.15, 0.2) is 10.3 Å². The molecule has 2 aromatic heterocycles. The molecule has 0 spiro atoms.